The minimum atomic E-state index is -4.38. The highest BCUT2D eigenvalue weighted by atomic mass is 19.4. The van der Waals surface area contributed by atoms with Crippen LogP contribution in [0.2, 0.25) is 0 Å². The summed E-state index contributed by atoms with van der Waals surface area (Å²) in [6.45, 7) is 0. The molecule has 1 aromatic heterocycles. The first-order chi connectivity index (χ1) is 10.4. The normalized spacial score (nSPS) is 11.6. The van der Waals surface area contributed by atoms with Crippen LogP contribution in [-0.4, -0.2) is 10.1 Å². The number of anilines is 1. The lowest BCUT2D eigenvalue weighted by Crippen LogP contribution is -2.04. The number of para-hydroxylation sites is 1. The lowest BCUT2D eigenvalue weighted by Gasteiger charge is -2.05. The van der Waals surface area contributed by atoms with Crippen molar-refractivity contribution in [1.29, 1.82) is 0 Å². The quantitative estimate of drug-likeness (QED) is 0.727. The van der Waals surface area contributed by atoms with Crippen LogP contribution in [0.1, 0.15) is 5.56 Å². The molecule has 1 heterocycles. The molecule has 3 aromatic rings. The molecule has 0 spiro atoms. The minimum absolute atomic E-state index is 0.201. The van der Waals surface area contributed by atoms with Gasteiger partial charge in [-0.1, -0.05) is 29.4 Å². The Balaban J connectivity index is 1.93. The van der Waals surface area contributed by atoms with E-state index >= 15 is 0 Å². The van der Waals surface area contributed by atoms with Gasteiger partial charge in [0.1, 0.15) is 0 Å². The molecule has 0 saturated carbocycles. The van der Waals surface area contributed by atoms with Gasteiger partial charge in [-0.15, -0.1) is 0 Å². The maximum atomic E-state index is 12.5. The minimum Gasteiger partial charge on any atom is -0.398 e. The molecule has 3 rings (SSSR count). The van der Waals surface area contributed by atoms with Crippen LogP contribution in [0.4, 0.5) is 18.9 Å². The van der Waals surface area contributed by atoms with Gasteiger partial charge < -0.3 is 10.3 Å². The van der Waals surface area contributed by atoms with Crippen molar-refractivity contribution in [2.45, 2.75) is 6.18 Å². The van der Waals surface area contributed by atoms with Crippen LogP contribution in [0.5, 0.6) is 0 Å². The number of rotatable bonds is 2. The first-order valence-electron chi connectivity index (χ1n) is 6.31. The SMILES string of the molecule is Nc1ccccc1-c1nc(-c2ccc(C(F)(F)F)cc2)no1. The fraction of sp³-hybridized carbons (Fsp3) is 0.0667. The molecule has 0 fully saturated rings. The third-order valence-corrected chi connectivity index (χ3v) is 3.09. The summed E-state index contributed by atoms with van der Waals surface area (Å²) in [4.78, 5) is 4.16. The zero-order valence-electron chi connectivity index (χ0n) is 11.1. The van der Waals surface area contributed by atoms with Crippen molar-refractivity contribution in [2.75, 3.05) is 5.73 Å². The molecule has 22 heavy (non-hydrogen) atoms. The van der Waals surface area contributed by atoms with E-state index in [0.29, 0.717) is 16.8 Å². The van der Waals surface area contributed by atoms with Crippen LogP contribution < -0.4 is 5.73 Å². The number of nitrogen functional groups attached to an aromatic ring is 1. The van der Waals surface area contributed by atoms with Gasteiger partial charge in [0.25, 0.3) is 5.89 Å². The number of nitrogens with two attached hydrogens (primary N) is 1. The number of halogens is 3. The molecule has 0 saturated heterocycles. The summed E-state index contributed by atoms with van der Waals surface area (Å²) < 4.78 is 42.7. The molecule has 0 bridgehead atoms. The molecule has 0 amide bonds. The number of alkyl halides is 3. The zero-order chi connectivity index (χ0) is 15.7. The van der Waals surface area contributed by atoms with Crippen molar-refractivity contribution in [3.8, 4) is 22.8 Å². The van der Waals surface area contributed by atoms with Gasteiger partial charge in [-0.2, -0.15) is 18.2 Å². The maximum absolute atomic E-state index is 12.5. The van der Waals surface area contributed by atoms with Crippen LogP contribution in [-0.2, 0) is 6.18 Å². The second kappa shape index (κ2) is 5.18. The Hall–Kier alpha value is -2.83. The van der Waals surface area contributed by atoms with Crippen molar-refractivity contribution in [1.82, 2.24) is 10.1 Å². The van der Waals surface area contributed by atoms with E-state index in [2.05, 4.69) is 10.1 Å². The van der Waals surface area contributed by atoms with Gasteiger partial charge in [0.05, 0.1) is 11.1 Å². The lowest BCUT2D eigenvalue weighted by molar-refractivity contribution is -0.137. The molecule has 2 N–H and O–H groups in total. The number of hydrogen-bond donors (Lipinski definition) is 1. The molecule has 4 nitrogen and oxygen atoms in total. The van der Waals surface area contributed by atoms with Crippen molar-refractivity contribution >= 4 is 5.69 Å². The Bertz CT molecular complexity index is 794. The number of nitrogens with zero attached hydrogens (tertiary/aromatic N) is 2. The van der Waals surface area contributed by atoms with E-state index in [4.69, 9.17) is 10.3 Å². The predicted octanol–water partition coefficient (Wildman–Crippen LogP) is 4.00. The summed E-state index contributed by atoms with van der Waals surface area (Å²) in [5, 5.41) is 3.77. The molecular formula is C15H10F3N3O. The monoisotopic (exact) mass is 305 g/mol. The standard InChI is InChI=1S/C15H10F3N3O/c16-15(17,18)10-7-5-9(6-8-10)13-20-14(22-21-13)11-3-1-2-4-12(11)19/h1-8H,19H2. The smallest absolute Gasteiger partial charge is 0.398 e. The fourth-order valence-corrected chi connectivity index (χ4v) is 1.95. The van der Waals surface area contributed by atoms with Gasteiger partial charge in [0, 0.05) is 11.3 Å². The Morgan fingerprint density at radius 2 is 1.64 bits per heavy atom. The Morgan fingerprint density at radius 1 is 0.955 bits per heavy atom. The molecular weight excluding hydrogens is 295 g/mol. The number of benzene rings is 2. The topological polar surface area (TPSA) is 64.9 Å². The van der Waals surface area contributed by atoms with E-state index in [9.17, 15) is 13.2 Å². The largest absolute Gasteiger partial charge is 0.416 e. The van der Waals surface area contributed by atoms with Crippen molar-refractivity contribution < 1.29 is 17.7 Å². The highest BCUT2D eigenvalue weighted by Crippen LogP contribution is 2.31. The predicted molar refractivity (Wildman–Crippen MR) is 74.6 cm³/mol. The van der Waals surface area contributed by atoms with Gasteiger partial charge in [-0.3, -0.25) is 0 Å². The molecule has 0 aliphatic heterocycles. The average molecular weight is 305 g/mol. The first kappa shape index (κ1) is 14.1. The third-order valence-electron chi connectivity index (χ3n) is 3.09. The van der Waals surface area contributed by atoms with Crippen LogP contribution in [0.3, 0.4) is 0 Å². The highest BCUT2D eigenvalue weighted by Gasteiger charge is 2.30. The van der Waals surface area contributed by atoms with Crippen molar-refractivity contribution in [3.05, 3.63) is 54.1 Å². The summed E-state index contributed by atoms with van der Waals surface area (Å²) in [6.07, 6.45) is -4.38. The summed E-state index contributed by atoms with van der Waals surface area (Å²) in [7, 11) is 0. The molecule has 0 unspecified atom stereocenters. The Morgan fingerprint density at radius 3 is 2.27 bits per heavy atom. The van der Waals surface area contributed by atoms with Crippen molar-refractivity contribution in [2.24, 2.45) is 0 Å². The molecule has 0 atom stereocenters. The van der Waals surface area contributed by atoms with Gasteiger partial charge >= 0.3 is 6.18 Å². The van der Waals surface area contributed by atoms with Gasteiger partial charge in [-0.25, -0.2) is 0 Å². The van der Waals surface area contributed by atoms with Crippen molar-refractivity contribution in [3.63, 3.8) is 0 Å². The zero-order valence-corrected chi connectivity index (χ0v) is 11.1. The summed E-state index contributed by atoms with van der Waals surface area (Å²) >= 11 is 0. The van der Waals surface area contributed by atoms with Gasteiger partial charge in [0.2, 0.25) is 5.82 Å². The van der Waals surface area contributed by atoms with E-state index in [0.717, 1.165) is 12.1 Å². The van der Waals surface area contributed by atoms with Crippen LogP contribution in [0, 0.1) is 0 Å². The van der Waals surface area contributed by atoms with Gasteiger partial charge in [0.15, 0.2) is 0 Å². The van der Waals surface area contributed by atoms with Crippen LogP contribution in [0.25, 0.3) is 22.8 Å². The molecule has 0 aliphatic carbocycles. The third kappa shape index (κ3) is 2.65. The Labute approximate surface area is 123 Å². The van der Waals surface area contributed by atoms with Gasteiger partial charge in [-0.05, 0) is 24.3 Å². The number of hydrogen-bond acceptors (Lipinski definition) is 4. The fourth-order valence-electron chi connectivity index (χ4n) is 1.95. The van der Waals surface area contributed by atoms with E-state index in [1.165, 1.54) is 12.1 Å². The summed E-state index contributed by atoms with van der Waals surface area (Å²) in [5.41, 5.74) is 6.57. The summed E-state index contributed by atoms with van der Waals surface area (Å²) in [5.74, 6) is 0.417. The Kier molecular flexibility index (Phi) is 3.32. The van der Waals surface area contributed by atoms with E-state index < -0.39 is 11.7 Å². The second-order valence-electron chi connectivity index (χ2n) is 4.59. The second-order valence-corrected chi connectivity index (χ2v) is 4.59. The van der Waals surface area contributed by atoms with Crippen LogP contribution in [0.15, 0.2) is 53.1 Å². The molecule has 112 valence electrons. The molecule has 0 aliphatic rings. The summed E-state index contributed by atoms with van der Waals surface area (Å²) in [6, 6.07) is 11.5. The highest BCUT2D eigenvalue weighted by molar-refractivity contribution is 5.71. The van der Waals surface area contributed by atoms with E-state index in [1.807, 2.05) is 0 Å². The average Bonchev–Trinajstić information content (AvgIpc) is 2.96. The van der Waals surface area contributed by atoms with E-state index in [1.54, 1.807) is 24.3 Å². The maximum Gasteiger partial charge on any atom is 0.416 e. The molecule has 0 radical (unpaired) electrons. The number of aromatic nitrogens is 2. The van der Waals surface area contributed by atoms with Crippen LogP contribution >= 0.6 is 0 Å². The van der Waals surface area contributed by atoms with E-state index in [-0.39, 0.29) is 11.7 Å². The lowest BCUT2D eigenvalue weighted by atomic mass is 10.1. The molecule has 7 heteroatoms. The first-order valence-corrected chi connectivity index (χ1v) is 6.31. The molecule has 2 aromatic carbocycles.